The number of likely N-dealkylation sites (tertiary alicyclic amines) is 1. The molecule has 0 spiro atoms. The van der Waals surface area contributed by atoms with E-state index in [1.807, 2.05) is 12.1 Å². The van der Waals surface area contributed by atoms with Gasteiger partial charge in [0.15, 0.2) is 0 Å². The lowest BCUT2D eigenvalue weighted by atomic mass is 9.99. The molecule has 1 aromatic carbocycles. The van der Waals surface area contributed by atoms with Gasteiger partial charge in [0, 0.05) is 34.7 Å². The van der Waals surface area contributed by atoms with Crippen molar-refractivity contribution in [3.8, 4) is 0 Å². The average molecular weight is 361 g/mol. The van der Waals surface area contributed by atoms with Crippen LogP contribution in [-0.4, -0.2) is 49.6 Å². The Morgan fingerprint density at radius 1 is 1.50 bits per heavy atom. The van der Waals surface area contributed by atoms with Crippen molar-refractivity contribution in [3.63, 3.8) is 0 Å². The topological polar surface area (TPSA) is 32.5 Å². The van der Waals surface area contributed by atoms with Crippen LogP contribution in [0.15, 0.2) is 22.7 Å². The Balaban J connectivity index is 2.21. The molecular weight excluding hydrogens is 338 g/mol. The molecule has 2 rings (SSSR count). The largest absolute Gasteiger partial charge is 0.329 e. The predicted octanol–water partition coefficient (Wildman–Crippen LogP) is 3.13. The molecule has 2 unspecified atom stereocenters. The van der Waals surface area contributed by atoms with Gasteiger partial charge >= 0.3 is 0 Å². The van der Waals surface area contributed by atoms with Crippen LogP contribution in [0.5, 0.6) is 0 Å². The Morgan fingerprint density at radius 2 is 2.25 bits per heavy atom. The van der Waals surface area contributed by atoms with Crippen LogP contribution in [0.2, 0.25) is 5.02 Å². The molecule has 0 aromatic heterocycles. The van der Waals surface area contributed by atoms with Crippen molar-refractivity contribution < 1.29 is 0 Å². The summed E-state index contributed by atoms with van der Waals surface area (Å²) in [7, 11) is 4.30. The Hall–Kier alpha value is -0.130. The molecule has 5 heteroatoms. The fraction of sp³-hybridized carbons (Fsp3) is 0.600. The second-order valence-electron chi connectivity index (χ2n) is 5.67. The van der Waals surface area contributed by atoms with E-state index in [4.69, 9.17) is 17.3 Å². The molecule has 2 N–H and O–H groups in total. The van der Waals surface area contributed by atoms with Crippen molar-refractivity contribution in [3.05, 3.63) is 33.3 Å². The molecule has 0 amide bonds. The Morgan fingerprint density at radius 3 is 2.90 bits per heavy atom. The van der Waals surface area contributed by atoms with Crippen LogP contribution in [0.4, 0.5) is 0 Å². The zero-order valence-electron chi connectivity index (χ0n) is 12.1. The number of hydrogen-bond acceptors (Lipinski definition) is 3. The Bertz CT molecular complexity index is 453. The van der Waals surface area contributed by atoms with Crippen molar-refractivity contribution in [1.82, 2.24) is 9.80 Å². The van der Waals surface area contributed by atoms with Crippen LogP contribution in [-0.2, 0) is 0 Å². The fourth-order valence-corrected chi connectivity index (χ4v) is 3.55. The lowest BCUT2D eigenvalue weighted by Crippen LogP contribution is -2.47. The molecule has 1 heterocycles. The van der Waals surface area contributed by atoms with E-state index in [0.717, 1.165) is 28.1 Å². The quantitative estimate of drug-likeness (QED) is 0.895. The average Bonchev–Trinajstić information content (AvgIpc) is 2.44. The van der Waals surface area contributed by atoms with Gasteiger partial charge in [-0.2, -0.15) is 0 Å². The molecule has 20 heavy (non-hydrogen) atoms. The summed E-state index contributed by atoms with van der Waals surface area (Å²) in [6, 6.07) is 6.81. The van der Waals surface area contributed by atoms with E-state index in [1.54, 1.807) is 0 Å². The Labute approximate surface area is 135 Å². The first-order valence-electron chi connectivity index (χ1n) is 7.08. The lowest BCUT2D eigenvalue weighted by molar-refractivity contribution is 0.0984. The van der Waals surface area contributed by atoms with Gasteiger partial charge in [-0.05, 0) is 57.2 Å². The molecule has 1 aliphatic rings. The third-order valence-electron chi connectivity index (χ3n) is 4.14. The van der Waals surface area contributed by atoms with E-state index in [0.29, 0.717) is 12.6 Å². The molecular formula is C15H23BrClN3. The van der Waals surface area contributed by atoms with Gasteiger partial charge in [-0.25, -0.2) is 0 Å². The monoisotopic (exact) mass is 359 g/mol. The first-order chi connectivity index (χ1) is 9.52. The van der Waals surface area contributed by atoms with Gasteiger partial charge in [0.1, 0.15) is 0 Å². The van der Waals surface area contributed by atoms with Crippen molar-refractivity contribution in [1.29, 1.82) is 0 Å². The Kier molecular flexibility index (Phi) is 5.87. The number of nitrogens with two attached hydrogens (primary N) is 1. The van der Waals surface area contributed by atoms with Gasteiger partial charge in [0.2, 0.25) is 0 Å². The van der Waals surface area contributed by atoms with Crippen LogP contribution >= 0.6 is 27.5 Å². The van der Waals surface area contributed by atoms with E-state index >= 15 is 0 Å². The zero-order chi connectivity index (χ0) is 14.7. The molecule has 2 atom stereocenters. The van der Waals surface area contributed by atoms with Crippen LogP contribution in [0.3, 0.4) is 0 Å². The molecule has 112 valence electrons. The highest BCUT2D eigenvalue weighted by Gasteiger charge is 2.28. The van der Waals surface area contributed by atoms with Crippen molar-refractivity contribution in [2.24, 2.45) is 5.73 Å². The third-order valence-corrected chi connectivity index (χ3v) is 4.98. The molecule has 0 radical (unpaired) electrons. The number of likely N-dealkylation sites (N-methyl/N-ethyl adjacent to an activating group) is 1. The molecule has 1 aliphatic heterocycles. The summed E-state index contributed by atoms with van der Waals surface area (Å²) in [5.74, 6) is 0. The van der Waals surface area contributed by atoms with Crippen LogP contribution in [0, 0.1) is 0 Å². The highest BCUT2D eigenvalue weighted by molar-refractivity contribution is 9.10. The van der Waals surface area contributed by atoms with E-state index in [9.17, 15) is 0 Å². The second-order valence-corrected chi connectivity index (χ2v) is 6.99. The lowest BCUT2D eigenvalue weighted by Gasteiger charge is -2.40. The normalized spacial score (nSPS) is 22.2. The van der Waals surface area contributed by atoms with Crippen LogP contribution < -0.4 is 5.73 Å². The third kappa shape index (κ3) is 3.74. The summed E-state index contributed by atoms with van der Waals surface area (Å²) in [5.41, 5.74) is 7.17. The number of hydrogen-bond donors (Lipinski definition) is 1. The van der Waals surface area contributed by atoms with Crippen molar-refractivity contribution in [2.75, 3.05) is 33.7 Å². The summed E-state index contributed by atoms with van der Waals surface area (Å²) in [5, 5.41) is 0.802. The minimum Gasteiger partial charge on any atom is -0.329 e. The number of rotatable bonds is 4. The van der Waals surface area contributed by atoms with E-state index in [2.05, 4.69) is 45.9 Å². The van der Waals surface area contributed by atoms with E-state index in [-0.39, 0.29) is 6.04 Å². The van der Waals surface area contributed by atoms with E-state index in [1.165, 1.54) is 12.8 Å². The maximum absolute atomic E-state index is 6.37. The fourth-order valence-electron chi connectivity index (χ4n) is 2.93. The second kappa shape index (κ2) is 7.23. The minimum atomic E-state index is 0.197. The molecule has 1 fully saturated rings. The summed E-state index contributed by atoms with van der Waals surface area (Å²) in [6.45, 7) is 2.74. The van der Waals surface area contributed by atoms with Crippen molar-refractivity contribution >= 4 is 27.5 Å². The maximum atomic E-state index is 6.37. The zero-order valence-corrected chi connectivity index (χ0v) is 14.5. The molecule has 3 nitrogen and oxygen atoms in total. The van der Waals surface area contributed by atoms with Crippen LogP contribution in [0.25, 0.3) is 0 Å². The molecule has 0 saturated carbocycles. The van der Waals surface area contributed by atoms with Gasteiger partial charge in [-0.15, -0.1) is 0 Å². The smallest absolute Gasteiger partial charge is 0.0486 e. The number of piperidine rings is 1. The molecule has 1 saturated heterocycles. The summed E-state index contributed by atoms with van der Waals surface area (Å²) in [6.07, 6.45) is 2.47. The van der Waals surface area contributed by atoms with Crippen LogP contribution in [0.1, 0.15) is 24.4 Å². The standard InChI is InChI=1S/C15H23BrClN3/c1-19(2)12-4-3-7-20(10-12)15(9-18)13-8-11(16)5-6-14(13)17/h5-6,8,12,15H,3-4,7,9-10,18H2,1-2H3. The highest BCUT2D eigenvalue weighted by atomic mass is 79.9. The number of benzene rings is 1. The first kappa shape index (κ1) is 16.2. The molecule has 0 bridgehead atoms. The predicted molar refractivity (Wildman–Crippen MR) is 89.2 cm³/mol. The van der Waals surface area contributed by atoms with Gasteiger partial charge in [-0.3, -0.25) is 4.90 Å². The van der Waals surface area contributed by atoms with Gasteiger partial charge < -0.3 is 10.6 Å². The SMILES string of the molecule is CN(C)C1CCCN(C(CN)c2cc(Br)ccc2Cl)C1. The molecule has 1 aromatic rings. The summed E-state index contributed by atoms with van der Waals surface area (Å²) < 4.78 is 1.05. The highest BCUT2D eigenvalue weighted by Crippen LogP contribution is 2.31. The first-order valence-corrected chi connectivity index (χ1v) is 8.25. The minimum absolute atomic E-state index is 0.197. The van der Waals surface area contributed by atoms with Crippen molar-refractivity contribution in [2.45, 2.75) is 24.9 Å². The number of halogens is 2. The summed E-state index contributed by atoms with van der Waals surface area (Å²) >= 11 is 9.90. The van der Waals surface area contributed by atoms with Gasteiger partial charge in [0.25, 0.3) is 0 Å². The van der Waals surface area contributed by atoms with E-state index < -0.39 is 0 Å². The molecule has 0 aliphatic carbocycles. The summed E-state index contributed by atoms with van der Waals surface area (Å²) in [4.78, 5) is 4.78. The number of nitrogens with zero attached hydrogens (tertiary/aromatic N) is 2. The van der Waals surface area contributed by atoms with Gasteiger partial charge in [0.05, 0.1) is 0 Å². The van der Waals surface area contributed by atoms with Gasteiger partial charge in [-0.1, -0.05) is 27.5 Å². The maximum Gasteiger partial charge on any atom is 0.0486 e.